The van der Waals surface area contributed by atoms with Gasteiger partial charge in [-0.25, -0.2) is 0 Å². The standard InChI is InChI=1S/C15H24N2O2/c1-15(2)7-9-17(10-8-16-15)12-5-6-13(18-3)14(11-12)19-4/h5-6,11,16H,7-10H2,1-4H3. The maximum atomic E-state index is 5.37. The van der Waals surface area contributed by atoms with Crippen LogP contribution in [0.15, 0.2) is 18.2 Å². The van der Waals surface area contributed by atoms with Crippen molar-refractivity contribution < 1.29 is 9.47 Å². The van der Waals surface area contributed by atoms with Crippen molar-refractivity contribution in [2.45, 2.75) is 25.8 Å². The Kier molecular flexibility index (Phi) is 4.20. The molecular weight excluding hydrogens is 240 g/mol. The molecule has 1 saturated heterocycles. The second kappa shape index (κ2) is 5.70. The molecule has 106 valence electrons. The quantitative estimate of drug-likeness (QED) is 0.908. The van der Waals surface area contributed by atoms with Gasteiger partial charge in [0, 0.05) is 36.9 Å². The molecule has 1 aliphatic rings. The van der Waals surface area contributed by atoms with Gasteiger partial charge in [-0.1, -0.05) is 0 Å². The smallest absolute Gasteiger partial charge is 0.162 e. The van der Waals surface area contributed by atoms with E-state index in [2.05, 4.69) is 36.2 Å². The molecule has 0 radical (unpaired) electrons. The van der Waals surface area contributed by atoms with E-state index in [4.69, 9.17) is 9.47 Å². The third kappa shape index (κ3) is 3.32. The Morgan fingerprint density at radius 3 is 2.53 bits per heavy atom. The number of methoxy groups -OCH3 is 2. The molecule has 0 bridgehead atoms. The molecule has 1 N–H and O–H groups in total. The van der Waals surface area contributed by atoms with E-state index in [0.717, 1.165) is 37.6 Å². The van der Waals surface area contributed by atoms with Gasteiger partial charge in [0.25, 0.3) is 0 Å². The average Bonchev–Trinajstić information content (AvgIpc) is 2.59. The van der Waals surface area contributed by atoms with Gasteiger partial charge in [-0.15, -0.1) is 0 Å². The van der Waals surface area contributed by atoms with Crippen molar-refractivity contribution in [3.05, 3.63) is 18.2 Å². The van der Waals surface area contributed by atoms with Crippen LogP contribution in [0.2, 0.25) is 0 Å². The third-order valence-corrected chi connectivity index (χ3v) is 3.72. The molecule has 0 saturated carbocycles. The largest absolute Gasteiger partial charge is 0.493 e. The number of nitrogens with zero attached hydrogens (tertiary/aromatic N) is 1. The molecule has 0 atom stereocenters. The molecule has 4 heteroatoms. The summed E-state index contributed by atoms with van der Waals surface area (Å²) in [5.74, 6) is 1.57. The monoisotopic (exact) mass is 264 g/mol. The Morgan fingerprint density at radius 2 is 1.84 bits per heavy atom. The molecule has 2 rings (SSSR count). The summed E-state index contributed by atoms with van der Waals surface area (Å²) in [6, 6.07) is 6.12. The van der Waals surface area contributed by atoms with Gasteiger partial charge < -0.3 is 19.7 Å². The fourth-order valence-corrected chi connectivity index (χ4v) is 2.42. The highest BCUT2D eigenvalue weighted by Crippen LogP contribution is 2.32. The van der Waals surface area contributed by atoms with E-state index in [0.29, 0.717) is 0 Å². The molecule has 0 aromatic heterocycles. The zero-order valence-electron chi connectivity index (χ0n) is 12.3. The maximum Gasteiger partial charge on any atom is 0.162 e. The summed E-state index contributed by atoms with van der Waals surface area (Å²) in [7, 11) is 3.34. The Morgan fingerprint density at radius 1 is 1.11 bits per heavy atom. The van der Waals surface area contributed by atoms with Crippen molar-refractivity contribution >= 4 is 5.69 Å². The van der Waals surface area contributed by atoms with Crippen molar-refractivity contribution in [2.24, 2.45) is 0 Å². The Balaban J connectivity index is 2.17. The fourth-order valence-electron chi connectivity index (χ4n) is 2.42. The van der Waals surface area contributed by atoms with Crippen LogP contribution in [0, 0.1) is 0 Å². The number of nitrogens with one attached hydrogen (secondary N) is 1. The number of rotatable bonds is 3. The number of hydrogen-bond acceptors (Lipinski definition) is 4. The first-order valence-corrected chi connectivity index (χ1v) is 6.78. The molecule has 0 amide bonds. The van der Waals surface area contributed by atoms with E-state index in [9.17, 15) is 0 Å². The van der Waals surface area contributed by atoms with Gasteiger partial charge in [-0.2, -0.15) is 0 Å². The highest BCUT2D eigenvalue weighted by atomic mass is 16.5. The van der Waals surface area contributed by atoms with Crippen LogP contribution in [0.5, 0.6) is 11.5 Å². The Bertz CT molecular complexity index is 432. The van der Waals surface area contributed by atoms with E-state index >= 15 is 0 Å². The number of hydrogen-bond donors (Lipinski definition) is 1. The lowest BCUT2D eigenvalue weighted by Crippen LogP contribution is -2.39. The summed E-state index contributed by atoms with van der Waals surface area (Å²) in [5, 5.41) is 3.57. The zero-order valence-corrected chi connectivity index (χ0v) is 12.3. The molecule has 1 aromatic rings. The van der Waals surface area contributed by atoms with Gasteiger partial charge in [0.1, 0.15) is 0 Å². The van der Waals surface area contributed by atoms with Gasteiger partial charge >= 0.3 is 0 Å². The van der Waals surface area contributed by atoms with Crippen molar-refractivity contribution in [3.8, 4) is 11.5 Å². The molecule has 1 aliphatic heterocycles. The first-order valence-electron chi connectivity index (χ1n) is 6.78. The van der Waals surface area contributed by atoms with Crippen molar-refractivity contribution in [2.75, 3.05) is 38.8 Å². The molecule has 0 spiro atoms. The van der Waals surface area contributed by atoms with Crippen LogP contribution >= 0.6 is 0 Å². The lowest BCUT2D eigenvalue weighted by molar-refractivity contribution is 0.355. The van der Waals surface area contributed by atoms with Crippen molar-refractivity contribution in [1.29, 1.82) is 0 Å². The Labute approximate surface area is 115 Å². The molecule has 1 aromatic carbocycles. The van der Waals surface area contributed by atoms with E-state index in [1.165, 1.54) is 5.69 Å². The van der Waals surface area contributed by atoms with Crippen LogP contribution in [-0.4, -0.2) is 39.4 Å². The highest BCUT2D eigenvalue weighted by molar-refractivity contribution is 5.56. The molecule has 0 unspecified atom stereocenters. The first kappa shape index (κ1) is 14.0. The number of benzene rings is 1. The van der Waals surface area contributed by atoms with Gasteiger partial charge in [-0.3, -0.25) is 0 Å². The van der Waals surface area contributed by atoms with E-state index in [1.807, 2.05) is 6.07 Å². The van der Waals surface area contributed by atoms with Gasteiger partial charge in [0.05, 0.1) is 14.2 Å². The zero-order chi connectivity index (χ0) is 13.9. The molecule has 1 heterocycles. The second-order valence-corrected chi connectivity index (χ2v) is 5.59. The first-order chi connectivity index (χ1) is 9.05. The van der Waals surface area contributed by atoms with Crippen LogP contribution in [-0.2, 0) is 0 Å². The van der Waals surface area contributed by atoms with Gasteiger partial charge in [0.2, 0.25) is 0 Å². The minimum absolute atomic E-state index is 0.214. The van der Waals surface area contributed by atoms with Crippen LogP contribution < -0.4 is 19.7 Å². The predicted molar refractivity (Wildman–Crippen MR) is 78.5 cm³/mol. The van der Waals surface area contributed by atoms with Gasteiger partial charge in [-0.05, 0) is 32.4 Å². The maximum absolute atomic E-state index is 5.37. The summed E-state index contributed by atoms with van der Waals surface area (Å²) < 4.78 is 10.7. The van der Waals surface area contributed by atoms with Crippen LogP contribution in [0.1, 0.15) is 20.3 Å². The second-order valence-electron chi connectivity index (χ2n) is 5.59. The summed E-state index contributed by atoms with van der Waals surface area (Å²) in [4.78, 5) is 2.39. The predicted octanol–water partition coefficient (Wildman–Crippen LogP) is 2.28. The molecule has 0 aliphatic carbocycles. The summed E-state index contributed by atoms with van der Waals surface area (Å²) >= 11 is 0. The van der Waals surface area contributed by atoms with E-state index < -0.39 is 0 Å². The molecule has 1 fully saturated rings. The lowest BCUT2D eigenvalue weighted by Gasteiger charge is -2.25. The topological polar surface area (TPSA) is 33.7 Å². The van der Waals surface area contributed by atoms with E-state index in [1.54, 1.807) is 14.2 Å². The summed E-state index contributed by atoms with van der Waals surface area (Å²) in [5.41, 5.74) is 1.41. The van der Waals surface area contributed by atoms with Crippen molar-refractivity contribution in [1.82, 2.24) is 5.32 Å². The normalized spacial score (nSPS) is 18.8. The number of ether oxygens (including phenoxy) is 2. The molecule has 19 heavy (non-hydrogen) atoms. The minimum atomic E-state index is 0.214. The Hall–Kier alpha value is -1.42. The third-order valence-electron chi connectivity index (χ3n) is 3.72. The van der Waals surface area contributed by atoms with Crippen molar-refractivity contribution in [3.63, 3.8) is 0 Å². The molecular formula is C15H24N2O2. The minimum Gasteiger partial charge on any atom is -0.493 e. The van der Waals surface area contributed by atoms with Crippen LogP contribution in [0.3, 0.4) is 0 Å². The average molecular weight is 264 g/mol. The summed E-state index contributed by atoms with van der Waals surface area (Å²) in [6.07, 6.45) is 1.13. The lowest BCUT2D eigenvalue weighted by atomic mass is 10.0. The molecule has 4 nitrogen and oxygen atoms in total. The number of anilines is 1. The summed E-state index contributed by atoms with van der Waals surface area (Å²) in [6.45, 7) is 7.58. The van der Waals surface area contributed by atoms with Crippen LogP contribution in [0.25, 0.3) is 0 Å². The van der Waals surface area contributed by atoms with Gasteiger partial charge in [0.15, 0.2) is 11.5 Å². The van der Waals surface area contributed by atoms with Crippen LogP contribution in [0.4, 0.5) is 5.69 Å². The SMILES string of the molecule is COc1ccc(N2CCNC(C)(C)CC2)cc1OC. The highest BCUT2D eigenvalue weighted by Gasteiger charge is 2.22. The van der Waals surface area contributed by atoms with E-state index in [-0.39, 0.29) is 5.54 Å². The fraction of sp³-hybridized carbons (Fsp3) is 0.600.